The maximum atomic E-state index is 12.0. The van der Waals surface area contributed by atoms with E-state index in [2.05, 4.69) is 15.4 Å². The molecule has 0 saturated heterocycles. The summed E-state index contributed by atoms with van der Waals surface area (Å²) in [5.41, 5.74) is 2.75. The zero-order chi connectivity index (χ0) is 21.3. The van der Waals surface area contributed by atoms with Crippen LogP contribution in [0.15, 0.2) is 67.3 Å². The lowest BCUT2D eigenvalue weighted by Crippen LogP contribution is -2.21. The van der Waals surface area contributed by atoms with Gasteiger partial charge in [0.05, 0.1) is 23.8 Å². The molecule has 0 spiro atoms. The fourth-order valence-corrected chi connectivity index (χ4v) is 2.15. The molecule has 2 N–H and O–H groups in total. The Morgan fingerprint density at radius 3 is 2.28 bits per heavy atom. The van der Waals surface area contributed by atoms with Crippen molar-refractivity contribution < 1.29 is 27.9 Å². The van der Waals surface area contributed by atoms with Crippen molar-refractivity contribution in [1.29, 1.82) is 0 Å². The van der Waals surface area contributed by atoms with Gasteiger partial charge in [-0.3, -0.25) is 9.78 Å². The number of anilines is 1. The number of pyridine rings is 1. The van der Waals surface area contributed by atoms with Crippen LogP contribution in [0.5, 0.6) is 0 Å². The normalized spacial score (nSPS) is 10.6. The zero-order valence-electron chi connectivity index (χ0n) is 15.0. The van der Waals surface area contributed by atoms with E-state index in [1.54, 1.807) is 29.5 Å². The molecule has 2 aromatic heterocycles. The summed E-state index contributed by atoms with van der Waals surface area (Å²) in [6.07, 6.45) is 2.93. The number of benzene rings is 1. The standard InChI is InChI=1S/C17H16N4O.C2HF3O2/c22-17(7-6-14-4-2-1-3-5-14)20-15-12-19-21(13-15)16-8-10-18-11-9-16;3-2(4,5)1(6)7/h1-5,8-13H,6-7H2,(H,20,22);(H,6,7). The van der Waals surface area contributed by atoms with E-state index in [-0.39, 0.29) is 5.91 Å². The van der Waals surface area contributed by atoms with Gasteiger partial charge in [-0.05, 0) is 24.1 Å². The summed E-state index contributed by atoms with van der Waals surface area (Å²) in [6.45, 7) is 0. The van der Waals surface area contributed by atoms with Crippen LogP contribution >= 0.6 is 0 Å². The van der Waals surface area contributed by atoms with Crippen LogP contribution in [-0.4, -0.2) is 37.9 Å². The van der Waals surface area contributed by atoms with Crippen molar-refractivity contribution >= 4 is 17.6 Å². The van der Waals surface area contributed by atoms with Crippen LogP contribution < -0.4 is 5.32 Å². The number of alkyl halides is 3. The van der Waals surface area contributed by atoms with Gasteiger partial charge in [0.1, 0.15) is 0 Å². The first-order valence-electron chi connectivity index (χ1n) is 8.34. The highest BCUT2D eigenvalue weighted by Gasteiger charge is 2.38. The number of nitrogens with one attached hydrogen (secondary N) is 1. The summed E-state index contributed by atoms with van der Waals surface area (Å²) >= 11 is 0. The van der Waals surface area contributed by atoms with Crippen LogP contribution in [0.25, 0.3) is 5.69 Å². The number of carboxylic acid groups (broad SMARTS) is 1. The van der Waals surface area contributed by atoms with Crippen molar-refractivity contribution in [2.45, 2.75) is 19.0 Å². The number of carbonyl (C=O) groups is 2. The Kier molecular flexibility index (Phi) is 7.47. The smallest absolute Gasteiger partial charge is 0.475 e. The van der Waals surface area contributed by atoms with Crippen molar-refractivity contribution in [3.8, 4) is 5.69 Å². The number of nitrogens with zero attached hydrogens (tertiary/aromatic N) is 3. The SMILES string of the molecule is O=C(CCc1ccccc1)Nc1cnn(-c2ccncc2)c1.O=C(O)C(F)(F)F. The first-order valence-corrected chi connectivity index (χ1v) is 8.34. The molecule has 1 amide bonds. The Bertz CT molecular complexity index is 929. The topological polar surface area (TPSA) is 97.1 Å². The molecule has 3 rings (SSSR count). The summed E-state index contributed by atoms with van der Waals surface area (Å²) < 4.78 is 33.4. The monoisotopic (exact) mass is 406 g/mol. The van der Waals surface area contributed by atoms with Gasteiger partial charge in [-0.25, -0.2) is 9.48 Å². The minimum Gasteiger partial charge on any atom is -0.475 e. The van der Waals surface area contributed by atoms with E-state index >= 15 is 0 Å². The number of aromatic nitrogens is 3. The summed E-state index contributed by atoms with van der Waals surface area (Å²) in [6, 6.07) is 13.7. The maximum Gasteiger partial charge on any atom is 0.490 e. The molecule has 10 heteroatoms. The van der Waals surface area contributed by atoms with Crippen molar-refractivity contribution in [3.63, 3.8) is 0 Å². The number of carboxylic acids is 1. The lowest BCUT2D eigenvalue weighted by molar-refractivity contribution is -0.192. The molecule has 0 unspecified atom stereocenters. The van der Waals surface area contributed by atoms with Crippen LogP contribution in [0, 0.1) is 0 Å². The van der Waals surface area contributed by atoms with Crippen molar-refractivity contribution in [2.75, 3.05) is 5.32 Å². The summed E-state index contributed by atoms with van der Waals surface area (Å²) in [4.78, 5) is 24.8. The predicted molar refractivity (Wildman–Crippen MR) is 98.4 cm³/mol. The Morgan fingerprint density at radius 2 is 1.69 bits per heavy atom. The number of amides is 1. The molecule has 3 aromatic rings. The fraction of sp³-hybridized carbons (Fsp3) is 0.158. The molecule has 152 valence electrons. The van der Waals surface area contributed by atoms with E-state index in [0.29, 0.717) is 12.1 Å². The second-order valence-electron chi connectivity index (χ2n) is 5.72. The molecule has 0 aliphatic rings. The quantitative estimate of drug-likeness (QED) is 0.676. The lowest BCUT2D eigenvalue weighted by Gasteiger charge is -2.03. The molecule has 7 nitrogen and oxygen atoms in total. The highest BCUT2D eigenvalue weighted by molar-refractivity contribution is 5.90. The molecule has 0 saturated carbocycles. The van der Waals surface area contributed by atoms with Gasteiger partial charge in [-0.2, -0.15) is 18.3 Å². The highest BCUT2D eigenvalue weighted by Crippen LogP contribution is 2.13. The molecule has 0 atom stereocenters. The van der Waals surface area contributed by atoms with Gasteiger partial charge in [-0.1, -0.05) is 30.3 Å². The van der Waals surface area contributed by atoms with Gasteiger partial charge in [0.15, 0.2) is 0 Å². The Hall–Kier alpha value is -3.69. The fourth-order valence-electron chi connectivity index (χ4n) is 2.15. The molecule has 2 heterocycles. The van der Waals surface area contributed by atoms with Crippen LogP contribution in [0.3, 0.4) is 0 Å². The van der Waals surface area contributed by atoms with E-state index in [9.17, 15) is 18.0 Å². The van der Waals surface area contributed by atoms with Crippen LogP contribution in [0.1, 0.15) is 12.0 Å². The molecular weight excluding hydrogens is 389 g/mol. The van der Waals surface area contributed by atoms with E-state index in [0.717, 1.165) is 17.7 Å². The Labute approximate surface area is 163 Å². The minimum absolute atomic E-state index is 0.0156. The zero-order valence-corrected chi connectivity index (χ0v) is 15.0. The summed E-state index contributed by atoms with van der Waals surface area (Å²) in [5.74, 6) is -2.77. The van der Waals surface area contributed by atoms with Crippen molar-refractivity contribution in [1.82, 2.24) is 14.8 Å². The van der Waals surface area contributed by atoms with Gasteiger partial charge in [0.2, 0.25) is 5.91 Å². The number of aryl methyl sites for hydroxylation is 1. The van der Waals surface area contributed by atoms with Crippen molar-refractivity contribution in [2.24, 2.45) is 0 Å². The second kappa shape index (κ2) is 10.0. The summed E-state index contributed by atoms with van der Waals surface area (Å²) in [7, 11) is 0. The Balaban J connectivity index is 0.000000370. The number of rotatable bonds is 5. The third-order valence-corrected chi connectivity index (χ3v) is 3.52. The first-order chi connectivity index (χ1) is 13.8. The highest BCUT2D eigenvalue weighted by atomic mass is 19.4. The van der Waals surface area contributed by atoms with Crippen LogP contribution in [0.2, 0.25) is 0 Å². The molecule has 0 aliphatic heterocycles. The van der Waals surface area contributed by atoms with Gasteiger partial charge in [0.25, 0.3) is 0 Å². The Morgan fingerprint density at radius 1 is 1.07 bits per heavy atom. The largest absolute Gasteiger partial charge is 0.490 e. The van der Waals surface area contributed by atoms with Gasteiger partial charge >= 0.3 is 12.1 Å². The average Bonchev–Trinajstić information content (AvgIpc) is 3.16. The molecular formula is C19H17F3N4O3. The molecule has 0 aliphatic carbocycles. The molecule has 0 bridgehead atoms. The second-order valence-corrected chi connectivity index (χ2v) is 5.72. The predicted octanol–water partition coefficient (Wildman–Crippen LogP) is 3.47. The number of aliphatic carboxylic acids is 1. The minimum atomic E-state index is -5.08. The van der Waals surface area contributed by atoms with Gasteiger partial charge in [0, 0.05) is 18.8 Å². The summed E-state index contributed by atoms with van der Waals surface area (Å²) in [5, 5.41) is 14.2. The van der Waals surface area contributed by atoms with Crippen LogP contribution in [0.4, 0.5) is 18.9 Å². The van der Waals surface area contributed by atoms with Crippen LogP contribution in [-0.2, 0) is 16.0 Å². The number of hydrogen-bond acceptors (Lipinski definition) is 4. The van der Waals surface area contributed by atoms with E-state index in [1.807, 2.05) is 42.5 Å². The maximum absolute atomic E-state index is 12.0. The van der Waals surface area contributed by atoms with Crippen molar-refractivity contribution in [3.05, 3.63) is 72.8 Å². The molecule has 1 aromatic carbocycles. The molecule has 0 fully saturated rings. The van der Waals surface area contributed by atoms with E-state index in [1.165, 1.54) is 0 Å². The number of carbonyl (C=O) groups excluding carboxylic acids is 1. The van der Waals surface area contributed by atoms with Gasteiger partial charge < -0.3 is 10.4 Å². The third kappa shape index (κ3) is 7.45. The third-order valence-electron chi connectivity index (χ3n) is 3.52. The van der Waals surface area contributed by atoms with Gasteiger partial charge in [-0.15, -0.1) is 0 Å². The number of halogens is 3. The van der Waals surface area contributed by atoms with E-state index < -0.39 is 12.1 Å². The average molecular weight is 406 g/mol. The first kappa shape index (κ1) is 21.6. The number of hydrogen-bond donors (Lipinski definition) is 2. The molecule has 29 heavy (non-hydrogen) atoms. The molecule has 0 radical (unpaired) electrons. The lowest BCUT2D eigenvalue weighted by atomic mass is 10.1. The van der Waals surface area contributed by atoms with E-state index in [4.69, 9.17) is 9.90 Å².